The smallest absolute Gasteiger partial charge is 0.191 e. The van der Waals surface area contributed by atoms with E-state index in [0.29, 0.717) is 24.9 Å². The minimum Gasteiger partial charge on any atom is -0.375 e. The molecule has 150 valence electrons. The molecule has 1 aliphatic rings. The molecule has 1 fully saturated rings. The van der Waals surface area contributed by atoms with Crippen LogP contribution in [0.15, 0.2) is 47.6 Å². The number of nitrogens with zero attached hydrogens (tertiary/aromatic N) is 3. The van der Waals surface area contributed by atoms with Gasteiger partial charge in [0.2, 0.25) is 0 Å². The van der Waals surface area contributed by atoms with Gasteiger partial charge in [-0.1, -0.05) is 12.1 Å². The Kier molecular flexibility index (Phi) is 6.76. The minimum absolute atomic E-state index is 0.124. The van der Waals surface area contributed by atoms with Crippen LogP contribution in [0.2, 0.25) is 0 Å². The Bertz CT molecular complexity index is 799. The number of aliphatic imine (C=N–C) groups is 1. The third-order valence-electron chi connectivity index (χ3n) is 4.77. The van der Waals surface area contributed by atoms with E-state index in [4.69, 9.17) is 4.74 Å². The highest BCUT2D eigenvalue weighted by molar-refractivity contribution is 5.80. The number of ether oxygens (including phenoxy) is 1. The van der Waals surface area contributed by atoms with Gasteiger partial charge in [-0.3, -0.25) is 4.99 Å². The zero-order valence-corrected chi connectivity index (χ0v) is 16.0. The molecule has 0 bridgehead atoms. The fraction of sp³-hybridized carbons (Fsp3) is 0.400. The van der Waals surface area contributed by atoms with E-state index in [9.17, 15) is 8.78 Å². The minimum atomic E-state index is -0.312. The van der Waals surface area contributed by atoms with Crippen LogP contribution in [0.4, 0.5) is 14.6 Å². The summed E-state index contributed by atoms with van der Waals surface area (Å²) in [4.78, 5) is 10.3. The molecule has 28 heavy (non-hydrogen) atoms. The Morgan fingerprint density at radius 1 is 1.32 bits per heavy atom. The SMILES string of the molecule is CN=C(NCC(OC)c1ccc(F)cc1)NC1CCN(c2ncccc2F)C1. The fourth-order valence-corrected chi connectivity index (χ4v) is 3.27. The van der Waals surface area contributed by atoms with E-state index in [1.807, 2.05) is 4.90 Å². The molecule has 2 aromatic rings. The lowest BCUT2D eigenvalue weighted by Gasteiger charge is -2.22. The van der Waals surface area contributed by atoms with E-state index in [0.717, 1.165) is 18.5 Å². The summed E-state index contributed by atoms with van der Waals surface area (Å²) in [5.74, 6) is 0.426. The zero-order chi connectivity index (χ0) is 19.9. The van der Waals surface area contributed by atoms with Crippen molar-refractivity contribution in [2.45, 2.75) is 18.6 Å². The molecule has 3 rings (SSSR count). The topological polar surface area (TPSA) is 61.8 Å². The Balaban J connectivity index is 1.53. The Hall–Kier alpha value is -2.74. The van der Waals surface area contributed by atoms with Crippen molar-refractivity contribution in [3.8, 4) is 0 Å². The first kappa shape index (κ1) is 20.0. The van der Waals surface area contributed by atoms with Gasteiger partial charge in [0.05, 0.1) is 6.10 Å². The van der Waals surface area contributed by atoms with E-state index < -0.39 is 0 Å². The van der Waals surface area contributed by atoms with Crippen molar-refractivity contribution in [3.63, 3.8) is 0 Å². The van der Waals surface area contributed by atoms with Crippen LogP contribution in [-0.2, 0) is 4.74 Å². The maximum Gasteiger partial charge on any atom is 0.191 e. The van der Waals surface area contributed by atoms with Crippen LogP contribution in [-0.4, -0.2) is 50.8 Å². The molecular weight excluding hydrogens is 364 g/mol. The molecule has 0 saturated carbocycles. The number of methoxy groups -OCH3 is 1. The summed E-state index contributed by atoms with van der Waals surface area (Å²) < 4.78 is 32.5. The summed E-state index contributed by atoms with van der Waals surface area (Å²) in [5, 5.41) is 6.59. The number of guanidine groups is 1. The molecule has 1 saturated heterocycles. The molecule has 2 unspecified atom stereocenters. The third kappa shape index (κ3) is 4.95. The lowest BCUT2D eigenvalue weighted by atomic mass is 10.1. The normalized spacial score (nSPS) is 18.2. The van der Waals surface area contributed by atoms with Crippen LogP contribution in [0.5, 0.6) is 0 Å². The number of benzene rings is 1. The van der Waals surface area contributed by atoms with Gasteiger partial charge in [-0.25, -0.2) is 13.8 Å². The van der Waals surface area contributed by atoms with Crippen molar-refractivity contribution in [2.75, 3.05) is 38.7 Å². The Morgan fingerprint density at radius 3 is 2.79 bits per heavy atom. The fourth-order valence-electron chi connectivity index (χ4n) is 3.27. The number of anilines is 1. The second-order valence-corrected chi connectivity index (χ2v) is 6.61. The van der Waals surface area contributed by atoms with Crippen molar-refractivity contribution in [2.24, 2.45) is 4.99 Å². The van der Waals surface area contributed by atoms with Crippen molar-refractivity contribution in [3.05, 3.63) is 59.8 Å². The van der Waals surface area contributed by atoms with Gasteiger partial charge in [-0.05, 0) is 36.2 Å². The standard InChI is InChI=1S/C20H25F2N5O/c1-23-20(25-12-18(28-2)14-5-7-15(21)8-6-14)26-16-9-11-27(13-16)19-17(22)4-3-10-24-19/h3-8,10,16,18H,9,11-13H2,1-2H3,(H2,23,25,26). The van der Waals surface area contributed by atoms with E-state index in [2.05, 4.69) is 20.6 Å². The molecule has 6 nitrogen and oxygen atoms in total. The average molecular weight is 389 g/mol. The monoisotopic (exact) mass is 389 g/mol. The number of pyridine rings is 1. The highest BCUT2D eigenvalue weighted by atomic mass is 19.1. The zero-order valence-electron chi connectivity index (χ0n) is 16.0. The summed E-state index contributed by atoms with van der Waals surface area (Å²) in [6, 6.07) is 9.37. The van der Waals surface area contributed by atoms with Crippen LogP contribution >= 0.6 is 0 Å². The van der Waals surface area contributed by atoms with Gasteiger partial charge < -0.3 is 20.3 Å². The van der Waals surface area contributed by atoms with Crippen LogP contribution in [0.1, 0.15) is 18.1 Å². The molecule has 2 atom stereocenters. The number of aromatic nitrogens is 1. The van der Waals surface area contributed by atoms with Gasteiger partial charge in [-0.2, -0.15) is 0 Å². The van der Waals surface area contributed by atoms with Gasteiger partial charge in [0.25, 0.3) is 0 Å². The van der Waals surface area contributed by atoms with Gasteiger partial charge >= 0.3 is 0 Å². The molecule has 0 aliphatic carbocycles. The summed E-state index contributed by atoms with van der Waals surface area (Å²) in [5.41, 5.74) is 0.879. The number of halogens is 2. The van der Waals surface area contributed by atoms with Gasteiger partial charge in [0.15, 0.2) is 17.6 Å². The number of hydrogen-bond acceptors (Lipinski definition) is 4. The molecule has 1 aromatic heterocycles. The molecule has 0 amide bonds. The van der Waals surface area contributed by atoms with Gasteiger partial charge in [0.1, 0.15) is 5.82 Å². The first-order chi connectivity index (χ1) is 13.6. The summed E-state index contributed by atoms with van der Waals surface area (Å²) >= 11 is 0. The Morgan fingerprint density at radius 2 is 2.11 bits per heavy atom. The highest BCUT2D eigenvalue weighted by Crippen LogP contribution is 2.21. The average Bonchev–Trinajstić information content (AvgIpc) is 3.17. The van der Waals surface area contributed by atoms with Crippen LogP contribution in [0.25, 0.3) is 0 Å². The van der Waals surface area contributed by atoms with Crippen LogP contribution < -0.4 is 15.5 Å². The van der Waals surface area contributed by atoms with E-state index in [1.165, 1.54) is 18.2 Å². The molecule has 2 heterocycles. The maximum absolute atomic E-state index is 13.9. The molecule has 0 spiro atoms. The van der Waals surface area contributed by atoms with E-state index in [-0.39, 0.29) is 23.8 Å². The predicted octanol–water partition coefficient (Wildman–Crippen LogP) is 2.49. The Labute approximate surface area is 163 Å². The maximum atomic E-state index is 13.9. The lowest BCUT2D eigenvalue weighted by Crippen LogP contribution is -2.45. The van der Waals surface area contributed by atoms with Crippen molar-refractivity contribution in [1.82, 2.24) is 15.6 Å². The predicted molar refractivity (Wildman–Crippen MR) is 105 cm³/mol. The van der Waals surface area contributed by atoms with Crippen LogP contribution in [0, 0.1) is 11.6 Å². The molecule has 1 aromatic carbocycles. The van der Waals surface area contributed by atoms with Crippen LogP contribution in [0.3, 0.4) is 0 Å². The van der Waals surface area contributed by atoms with E-state index >= 15 is 0 Å². The third-order valence-corrected chi connectivity index (χ3v) is 4.77. The summed E-state index contributed by atoms with van der Waals surface area (Å²) in [6.07, 6.45) is 2.21. The van der Waals surface area contributed by atoms with Gasteiger partial charge in [-0.15, -0.1) is 0 Å². The second kappa shape index (κ2) is 9.45. The molecule has 8 heteroatoms. The summed E-state index contributed by atoms with van der Waals surface area (Å²) in [6.45, 7) is 1.84. The summed E-state index contributed by atoms with van der Waals surface area (Å²) in [7, 11) is 3.31. The van der Waals surface area contributed by atoms with Crippen molar-refractivity contribution < 1.29 is 13.5 Å². The number of hydrogen-bond donors (Lipinski definition) is 2. The molecular formula is C20H25F2N5O. The molecule has 1 aliphatic heterocycles. The number of nitrogens with one attached hydrogen (secondary N) is 2. The van der Waals surface area contributed by atoms with Gasteiger partial charge in [0, 0.05) is 46.0 Å². The second-order valence-electron chi connectivity index (χ2n) is 6.61. The quantitative estimate of drug-likeness (QED) is 0.587. The van der Waals surface area contributed by atoms with Crippen molar-refractivity contribution in [1.29, 1.82) is 0 Å². The highest BCUT2D eigenvalue weighted by Gasteiger charge is 2.26. The first-order valence-electron chi connectivity index (χ1n) is 9.21. The number of rotatable bonds is 6. The van der Waals surface area contributed by atoms with E-state index in [1.54, 1.807) is 38.6 Å². The first-order valence-corrected chi connectivity index (χ1v) is 9.21. The lowest BCUT2D eigenvalue weighted by molar-refractivity contribution is 0.106. The molecule has 0 radical (unpaired) electrons. The largest absolute Gasteiger partial charge is 0.375 e. The molecule has 2 N–H and O–H groups in total. The van der Waals surface area contributed by atoms with Crippen molar-refractivity contribution >= 4 is 11.8 Å².